The van der Waals surface area contributed by atoms with Crippen molar-refractivity contribution in [2.45, 2.75) is 39.3 Å². The molecule has 1 aliphatic rings. The zero-order valence-electron chi connectivity index (χ0n) is 10.6. The summed E-state index contributed by atoms with van der Waals surface area (Å²) in [6.45, 7) is 7.72. The van der Waals surface area contributed by atoms with E-state index >= 15 is 0 Å². The lowest BCUT2D eigenvalue weighted by atomic mass is 9.99. The van der Waals surface area contributed by atoms with Crippen molar-refractivity contribution in [1.29, 1.82) is 0 Å². The van der Waals surface area contributed by atoms with Gasteiger partial charge in [-0.3, -0.25) is 9.69 Å². The van der Waals surface area contributed by atoms with Crippen LogP contribution in [0.5, 0.6) is 0 Å². The fraction of sp³-hybridized carbons (Fsp3) is 0.917. The SMILES string of the molecule is COCC(C(C)C)N1CCC(C)C1C(=O)O. The van der Waals surface area contributed by atoms with E-state index in [1.165, 1.54) is 0 Å². The number of carboxylic acid groups (broad SMARTS) is 1. The molecule has 1 saturated heterocycles. The van der Waals surface area contributed by atoms with E-state index in [4.69, 9.17) is 4.74 Å². The van der Waals surface area contributed by atoms with Crippen molar-refractivity contribution in [3.63, 3.8) is 0 Å². The third-order valence-corrected chi connectivity index (χ3v) is 3.52. The Balaban J connectivity index is 2.79. The van der Waals surface area contributed by atoms with Gasteiger partial charge in [0.15, 0.2) is 0 Å². The van der Waals surface area contributed by atoms with Crippen LogP contribution in [0.25, 0.3) is 0 Å². The number of nitrogens with zero attached hydrogens (tertiary/aromatic N) is 1. The number of likely N-dealkylation sites (tertiary alicyclic amines) is 1. The van der Waals surface area contributed by atoms with Crippen molar-refractivity contribution in [3.8, 4) is 0 Å². The molecule has 0 amide bonds. The van der Waals surface area contributed by atoms with E-state index in [-0.39, 0.29) is 18.0 Å². The molecule has 1 fully saturated rings. The molecule has 16 heavy (non-hydrogen) atoms. The molecule has 1 N–H and O–H groups in total. The highest BCUT2D eigenvalue weighted by atomic mass is 16.5. The number of methoxy groups -OCH3 is 1. The summed E-state index contributed by atoms with van der Waals surface area (Å²) in [6, 6.07) is -0.140. The monoisotopic (exact) mass is 229 g/mol. The molecule has 0 aliphatic carbocycles. The summed E-state index contributed by atoms with van der Waals surface area (Å²) in [6.07, 6.45) is 0.962. The van der Waals surface area contributed by atoms with E-state index in [2.05, 4.69) is 18.7 Å². The Morgan fingerprint density at radius 1 is 1.56 bits per heavy atom. The Labute approximate surface area is 97.6 Å². The second kappa shape index (κ2) is 5.64. The minimum Gasteiger partial charge on any atom is -0.480 e. The first kappa shape index (κ1) is 13.5. The van der Waals surface area contributed by atoms with Gasteiger partial charge in [0.1, 0.15) is 6.04 Å². The maximum atomic E-state index is 11.3. The highest BCUT2D eigenvalue weighted by Gasteiger charge is 2.40. The molecule has 3 unspecified atom stereocenters. The predicted octanol–water partition coefficient (Wildman–Crippen LogP) is 1.45. The summed E-state index contributed by atoms with van der Waals surface area (Å²) in [5, 5.41) is 9.27. The average Bonchev–Trinajstić information content (AvgIpc) is 2.55. The first-order chi connectivity index (χ1) is 7.49. The fourth-order valence-electron chi connectivity index (χ4n) is 2.58. The number of hydrogen-bond donors (Lipinski definition) is 1. The van der Waals surface area contributed by atoms with Gasteiger partial charge in [-0.1, -0.05) is 20.8 Å². The van der Waals surface area contributed by atoms with Gasteiger partial charge in [-0.2, -0.15) is 0 Å². The zero-order chi connectivity index (χ0) is 12.3. The smallest absolute Gasteiger partial charge is 0.321 e. The van der Waals surface area contributed by atoms with Crippen LogP contribution in [0.1, 0.15) is 27.2 Å². The largest absolute Gasteiger partial charge is 0.480 e. The molecule has 0 aromatic carbocycles. The maximum absolute atomic E-state index is 11.3. The molecule has 0 saturated carbocycles. The normalized spacial score (nSPS) is 28.6. The number of hydrogen-bond acceptors (Lipinski definition) is 3. The first-order valence-electron chi connectivity index (χ1n) is 5.96. The van der Waals surface area contributed by atoms with Gasteiger partial charge in [-0.15, -0.1) is 0 Å². The second-order valence-corrected chi connectivity index (χ2v) is 5.05. The third kappa shape index (κ3) is 2.74. The Hall–Kier alpha value is -0.610. The van der Waals surface area contributed by atoms with Crippen LogP contribution in [-0.4, -0.2) is 48.3 Å². The van der Waals surface area contributed by atoms with Gasteiger partial charge in [0.25, 0.3) is 0 Å². The minimum atomic E-state index is -0.702. The zero-order valence-corrected chi connectivity index (χ0v) is 10.6. The lowest BCUT2D eigenvalue weighted by Crippen LogP contribution is -2.49. The second-order valence-electron chi connectivity index (χ2n) is 5.05. The number of ether oxygens (including phenoxy) is 1. The van der Waals surface area contributed by atoms with Crippen molar-refractivity contribution in [3.05, 3.63) is 0 Å². The van der Waals surface area contributed by atoms with E-state index in [0.29, 0.717) is 12.5 Å². The van der Waals surface area contributed by atoms with Crippen molar-refractivity contribution < 1.29 is 14.6 Å². The Morgan fingerprint density at radius 3 is 2.62 bits per heavy atom. The molecule has 94 valence electrons. The predicted molar refractivity (Wildman–Crippen MR) is 62.4 cm³/mol. The van der Waals surface area contributed by atoms with Gasteiger partial charge in [0, 0.05) is 13.2 Å². The van der Waals surface area contributed by atoms with Gasteiger partial charge >= 0.3 is 5.97 Å². The molecule has 0 spiro atoms. The molecule has 0 bridgehead atoms. The molecule has 1 aliphatic heterocycles. The van der Waals surface area contributed by atoms with Crippen LogP contribution in [0.4, 0.5) is 0 Å². The van der Waals surface area contributed by atoms with Crippen LogP contribution in [0.15, 0.2) is 0 Å². The summed E-state index contributed by atoms with van der Waals surface area (Å²) in [7, 11) is 1.67. The van der Waals surface area contributed by atoms with Crippen molar-refractivity contribution >= 4 is 5.97 Å². The summed E-state index contributed by atoms with van der Waals surface area (Å²) in [4.78, 5) is 13.4. The van der Waals surface area contributed by atoms with Crippen molar-refractivity contribution in [1.82, 2.24) is 4.90 Å². The molecule has 4 heteroatoms. The van der Waals surface area contributed by atoms with Crippen LogP contribution in [0.2, 0.25) is 0 Å². The van der Waals surface area contributed by atoms with E-state index in [9.17, 15) is 9.90 Å². The van der Waals surface area contributed by atoms with Crippen molar-refractivity contribution in [2.24, 2.45) is 11.8 Å². The van der Waals surface area contributed by atoms with Crippen LogP contribution < -0.4 is 0 Å². The van der Waals surface area contributed by atoms with Gasteiger partial charge in [0.2, 0.25) is 0 Å². The Morgan fingerprint density at radius 2 is 2.19 bits per heavy atom. The number of carboxylic acids is 1. The molecule has 1 rings (SSSR count). The van der Waals surface area contributed by atoms with Crippen LogP contribution in [0, 0.1) is 11.8 Å². The number of carbonyl (C=O) groups is 1. The molecule has 4 nitrogen and oxygen atoms in total. The first-order valence-corrected chi connectivity index (χ1v) is 5.96. The van der Waals surface area contributed by atoms with Crippen LogP contribution in [-0.2, 0) is 9.53 Å². The summed E-state index contributed by atoms with van der Waals surface area (Å²) in [5.41, 5.74) is 0. The molecule has 0 radical (unpaired) electrons. The third-order valence-electron chi connectivity index (χ3n) is 3.52. The topological polar surface area (TPSA) is 49.8 Å². The molecule has 0 aromatic heterocycles. The Kier molecular flexibility index (Phi) is 4.74. The van der Waals surface area contributed by atoms with E-state index in [1.807, 2.05) is 6.92 Å². The average molecular weight is 229 g/mol. The standard InChI is InChI=1S/C12H23NO3/c1-8(2)10(7-16-4)13-6-5-9(3)11(13)12(14)15/h8-11H,5-7H2,1-4H3,(H,14,15). The van der Waals surface area contributed by atoms with Gasteiger partial charge < -0.3 is 9.84 Å². The maximum Gasteiger partial charge on any atom is 0.321 e. The summed E-state index contributed by atoms with van der Waals surface area (Å²) >= 11 is 0. The Bertz CT molecular complexity index is 242. The van der Waals surface area contributed by atoms with E-state index in [0.717, 1.165) is 13.0 Å². The van der Waals surface area contributed by atoms with E-state index < -0.39 is 5.97 Å². The van der Waals surface area contributed by atoms with Crippen LogP contribution >= 0.6 is 0 Å². The summed E-state index contributed by atoms with van der Waals surface area (Å²) < 4.78 is 5.21. The van der Waals surface area contributed by atoms with Crippen LogP contribution in [0.3, 0.4) is 0 Å². The molecular weight excluding hydrogens is 206 g/mol. The van der Waals surface area contributed by atoms with Gasteiger partial charge in [0.05, 0.1) is 6.61 Å². The summed E-state index contributed by atoms with van der Waals surface area (Å²) in [5.74, 6) is -0.0607. The molecule has 1 heterocycles. The lowest BCUT2D eigenvalue weighted by molar-refractivity contribution is -0.145. The highest BCUT2D eigenvalue weighted by molar-refractivity contribution is 5.74. The van der Waals surface area contributed by atoms with Crippen molar-refractivity contribution in [2.75, 3.05) is 20.3 Å². The lowest BCUT2D eigenvalue weighted by Gasteiger charge is -2.34. The highest BCUT2D eigenvalue weighted by Crippen LogP contribution is 2.28. The number of aliphatic carboxylic acids is 1. The molecule has 0 aromatic rings. The van der Waals surface area contributed by atoms with E-state index in [1.54, 1.807) is 7.11 Å². The minimum absolute atomic E-state index is 0.205. The van der Waals surface area contributed by atoms with Gasteiger partial charge in [-0.05, 0) is 24.8 Å². The quantitative estimate of drug-likeness (QED) is 0.775. The molecule has 3 atom stereocenters. The number of rotatable bonds is 5. The van der Waals surface area contributed by atoms with Gasteiger partial charge in [-0.25, -0.2) is 0 Å². The molecular formula is C12H23NO3. The fourth-order valence-corrected chi connectivity index (χ4v) is 2.58.